The second-order valence-electron chi connectivity index (χ2n) is 23.0. The Balaban J connectivity index is 1.31. The van der Waals surface area contributed by atoms with E-state index in [1.165, 1.54) is 69.9 Å². The zero-order chi connectivity index (χ0) is 46.1. The molecule has 2 aliphatic heterocycles. The Morgan fingerprint density at radius 1 is 0.548 bits per heavy atom. The predicted octanol–water partition coefficient (Wildman–Crippen LogP) is 14.7. The quantitative estimate of drug-likeness (QED) is 0.160. The molecule has 11 rings (SSSR count). The molecule has 0 N–H and O–H groups in total. The van der Waals surface area contributed by atoms with Crippen LogP contribution in [0, 0.1) is 13.8 Å². The summed E-state index contributed by atoms with van der Waals surface area (Å²) in [4.78, 5) is 4.96. The molecule has 4 aliphatic rings. The highest BCUT2D eigenvalue weighted by Crippen LogP contribution is 2.54. The summed E-state index contributed by atoms with van der Waals surface area (Å²) in [6.07, 6.45) is 4.48. The molecule has 0 fully saturated rings. The van der Waals surface area contributed by atoms with Crippen LogP contribution in [0.25, 0.3) is 20.2 Å². The molecule has 3 heterocycles. The minimum Gasteiger partial charge on any atom is -0.311 e. The van der Waals surface area contributed by atoms with Crippen molar-refractivity contribution in [3.63, 3.8) is 0 Å². The Hall–Kier alpha value is -4.80. The van der Waals surface area contributed by atoms with Crippen molar-refractivity contribution < 1.29 is 4.11 Å². The average molecular weight is 834 g/mol. The van der Waals surface area contributed by atoms with Crippen LogP contribution in [0.1, 0.15) is 145 Å². The third kappa shape index (κ3) is 5.67. The number of hydrogen-bond donors (Lipinski definition) is 0. The lowest BCUT2D eigenvalue weighted by Gasteiger charge is -2.48. The van der Waals surface area contributed by atoms with Gasteiger partial charge in [-0.05, 0) is 164 Å². The first-order chi connectivity index (χ1) is 30.4. The molecule has 314 valence electrons. The number of fused-ring (bicyclic) bond motifs is 9. The molecule has 0 saturated heterocycles. The Bertz CT molecular complexity index is 3180. The van der Waals surface area contributed by atoms with Gasteiger partial charge in [0.2, 0.25) is 0 Å². The standard InChI is InChI=1S/C58H63BN2S/c1-34-27-49-52-50(28-34)61(46-32-41-39(29-35(46)2)55(6,7)23-25-57(41,10)11)47-30-36(54(3,4)5)21-22-43(47)59(52)44-31-40-42(58(12,13)26-24-56(40,8)9)33-48(44)60(49)45-19-16-18-38-37-17-14-15-20-51(37)62-53(38)45/h14-22,27-33H,23-26H2,1-13H3/i1D3. The summed E-state index contributed by atoms with van der Waals surface area (Å²) in [5, 5.41) is 2.48. The smallest absolute Gasteiger partial charge is 0.252 e. The van der Waals surface area contributed by atoms with Crippen LogP contribution in [0.2, 0.25) is 0 Å². The van der Waals surface area contributed by atoms with E-state index in [2.05, 4.69) is 178 Å². The third-order valence-electron chi connectivity index (χ3n) is 15.9. The van der Waals surface area contributed by atoms with Crippen molar-refractivity contribution in [3.8, 4) is 0 Å². The van der Waals surface area contributed by atoms with Gasteiger partial charge in [0.1, 0.15) is 0 Å². The van der Waals surface area contributed by atoms with E-state index >= 15 is 0 Å². The van der Waals surface area contributed by atoms with Gasteiger partial charge >= 0.3 is 0 Å². The van der Waals surface area contributed by atoms with Crippen LogP contribution in [0.3, 0.4) is 0 Å². The van der Waals surface area contributed by atoms with E-state index in [1.807, 2.05) is 23.5 Å². The summed E-state index contributed by atoms with van der Waals surface area (Å²) < 4.78 is 29.9. The average Bonchev–Trinajstić information content (AvgIpc) is 3.62. The van der Waals surface area contributed by atoms with Crippen molar-refractivity contribution in [2.24, 2.45) is 0 Å². The molecule has 0 spiro atoms. The van der Waals surface area contributed by atoms with Gasteiger partial charge in [-0.2, -0.15) is 0 Å². The van der Waals surface area contributed by atoms with Crippen molar-refractivity contribution >= 4 is 88.7 Å². The van der Waals surface area contributed by atoms with E-state index < -0.39 is 6.85 Å². The van der Waals surface area contributed by atoms with Crippen LogP contribution in [0.4, 0.5) is 34.1 Å². The van der Waals surface area contributed by atoms with E-state index in [4.69, 9.17) is 4.11 Å². The molecule has 62 heavy (non-hydrogen) atoms. The van der Waals surface area contributed by atoms with Gasteiger partial charge in [0, 0.05) is 48.0 Å². The molecule has 0 radical (unpaired) electrons. The predicted molar refractivity (Wildman–Crippen MR) is 272 cm³/mol. The van der Waals surface area contributed by atoms with Crippen LogP contribution < -0.4 is 26.2 Å². The number of hydrogen-bond acceptors (Lipinski definition) is 3. The topological polar surface area (TPSA) is 6.48 Å². The SMILES string of the molecule is [2H]C([2H])([2H])c1cc2c3c(c1)N(c1cccc4c1sc1ccccc14)c1cc4c(cc1B3c1ccc(C(C)(C)C)cc1N2c1cc2c(cc1C)C(C)(C)CCC2(C)C)C(C)(C)CCC4(C)C. The summed E-state index contributed by atoms with van der Waals surface area (Å²) in [5.74, 6) is 0. The molecule has 7 aromatic rings. The number of anilines is 6. The van der Waals surface area contributed by atoms with Crippen molar-refractivity contribution in [2.45, 2.75) is 143 Å². The minimum absolute atomic E-state index is 0.00905. The van der Waals surface area contributed by atoms with Crippen LogP contribution >= 0.6 is 11.3 Å². The highest BCUT2D eigenvalue weighted by molar-refractivity contribution is 7.26. The Morgan fingerprint density at radius 3 is 1.73 bits per heavy atom. The van der Waals surface area contributed by atoms with E-state index in [0.717, 1.165) is 59.8 Å². The zero-order valence-electron chi connectivity index (χ0n) is 41.9. The highest BCUT2D eigenvalue weighted by atomic mass is 32.1. The first kappa shape index (κ1) is 36.7. The summed E-state index contributed by atoms with van der Waals surface area (Å²) in [5.41, 5.74) is 18.5. The fourth-order valence-corrected chi connectivity index (χ4v) is 13.1. The van der Waals surface area contributed by atoms with Crippen molar-refractivity contribution in [2.75, 3.05) is 9.80 Å². The first-order valence-corrected chi connectivity index (χ1v) is 23.9. The van der Waals surface area contributed by atoms with Gasteiger partial charge in [0.25, 0.3) is 6.71 Å². The minimum atomic E-state index is -2.35. The first-order valence-electron chi connectivity index (χ1n) is 24.6. The van der Waals surface area contributed by atoms with E-state index in [1.54, 1.807) is 0 Å². The number of benzene rings is 6. The van der Waals surface area contributed by atoms with Crippen LogP contribution in [0.5, 0.6) is 0 Å². The molecule has 0 amide bonds. The molecule has 1 aromatic heterocycles. The van der Waals surface area contributed by atoms with Gasteiger partial charge in [0.05, 0.1) is 10.4 Å². The largest absolute Gasteiger partial charge is 0.311 e. The molecule has 0 bridgehead atoms. The number of thiophene rings is 1. The number of nitrogens with zero attached hydrogens (tertiary/aromatic N) is 2. The third-order valence-corrected chi connectivity index (χ3v) is 17.2. The van der Waals surface area contributed by atoms with Crippen molar-refractivity contribution in [3.05, 3.63) is 136 Å². The fourth-order valence-electron chi connectivity index (χ4n) is 11.9. The molecule has 2 nitrogen and oxygen atoms in total. The highest BCUT2D eigenvalue weighted by Gasteiger charge is 2.48. The maximum absolute atomic E-state index is 9.16. The lowest BCUT2D eigenvalue weighted by molar-refractivity contribution is 0.332. The maximum Gasteiger partial charge on any atom is 0.252 e. The molecule has 0 unspecified atom stereocenters. The monoisotopic (exact) mass is 833 g/mol. The molecule has 0 atom stereocenters. The molecule has 0 saturated carbocycles. The van der Waals surface area contributed by atoms with E-state index in [9.17, 15) is 0 Å². The fraction of sp³-hybridized carbons (Fsp3) is 0.379. The number of aryl methyl sites for hydroxylation is 2. The molecular weight excluding hydrogens is 768 g/mol. The van der Waals surface area contributed by atoms with Crippen molar-refractivity contribution in [1.82, 2.24) is 0 Å². The second-order valence-corrected chi connectivity index (χ2v) is 24.0. The molecule has 6 aromatic carbocycles. The Labute approximate surface area is 379 Å². The molecule has 4 heteroatoms. The summed E-state index contributed by atoms with van der Waals surface area (Å²) in [7, 11) is 0. The Morgan fingerprint density at radius 2 is 1.10 bits per heavy atom. The van der Waals surface area contributed by atoms with Crippen LogP contribution in [0.15, 0.2) is 97.1 Å². The van der Waals surface area contributed by atoms with E-state index in [-0.39, 0.29) is 33.8 Å². The van der Waals surface area contributed by atoms with Crippen molar-refractivity contribution in [1.29, 1.82) is 0 Å². The normalized spacial score (nSPS) is 19.8. The van der Waals surface area contributed by atoms with Crippen LogP contribution in [-0.4, -0.2) is 6.71 Å². The summed E-state index contributed by atoms with van der Waals surface area (Å²) >= 11 is 1.84. The van der Waals surface area contributed by atoms with E-state index in [0.29, 0.717) is 5.56 Å². The molecular formula is C58H63BN2S. The van der Waals surface area contributed by atoms with Gasteiger partial charge in [-0.3, -0.25) is 0 Å². The molecule has 2 aliphatic carbocycles. The summed E-state index contributed by atoms with van der Waals surface area (Å²) in [6.45, 7) is 26.0. The lowest BCUT2D eigenvalue weighted by Crippen LogP contribution is -2.62. The van der Waals surface area contributed by atoms with Gasteiger partial charge in [0.15, 0.2) is 0 Å². The van der Waals surface area contributed by atoms with Crippen LogP contribution in [-0.2, 0) is 27.1 Å². The van der Waals surface area contributed by atoms with Gasteiger partial charge < -0.3 is 9.80 Å². The zero-order valence-corrected chi connectivity index (χ0v) is 39.8. The lowest BCUT2D eigenvalue weighted by atomic mass is 9.33. The Kier molecular flexibility index (Phi) is 7.63. The van der Waals surface area contributed by atoms with Gasteiger partial charge in [-0.25, -0.2) is 0 Å². The van der Waals surface area contributed by atoms with Gasteiger partial charge in [-0.1, -0.05) is 131 Å². The number of rotatable bonds is 2. The second kappa shape index (κ2) is 12.9. The maximum atomic E-state index is 9.16. The summed E-state index contributed by atoms with van der Waals surface area (Å²) in [6, 6.07) is 36.8. The van der Waals surface area contributed by atoms with Gasteiger partial charge in [-0.15, -0.1) is 11.3 Å².